The van der Waals surface area contributed by atoms with Gasteiger partial charge in [-0.3, -0.25) is 9.59 Å². The highest BCUT2D eigenvalue weighted by molar-refractivity contribution is 6.14. The van der Waals surface area contributed by atoms with Gasteiger partial charge in [-0.25, -0.2) is 0 Å². The van der Waals surface area contributed by atoms with Crippen LogP contribution in [-0.2, 0) is 16.0 Å². The number of benzene rings is 2. The molecule has 0 atom stereocenters. The van der Waals surface area contributed by atoms with Crippen molar-refractivity contribution in [1.29, 1.82) is 0 Å². The SMILES string of the molecule is CCc1cccc(C)c1NC(=O)C(C)(C)C(=O)Nc1ccccc1C. The molecule has 0 fully saturated rings. The summed E-state index contributed by atoms with van der Waals surface area (Å²) < 4.78 is 0. The van der Waals surface area contributed by atoms with E-state index in [0.717, 1.165) is 34.5 Å². The highest BCUT2D eigenvalue weighted by Gasteiger charge is 2.36. The second-order valence-electron chi connectivity index (χ2n) is 6.81. The van der Waals surface area contributed by atoms with Crippen LogP contribution in [0.3, 0.4) is 0 Å². The molecule has 2 N–H and O–H groups in total. The molecule has 0 bridgehead atoms. The van der Waals surface area contributed by atoms with Gasteiger partial charge in [-0.05, 0) is 56.9 Å². The predicted octanol–water partition coefficient (Wildman–Crippen LogP) is 4.47. The molecule has 0 aliphatic rings. The number of carbonyl (C=O) groups excluding carboxylic acids is 2. The van der Waals surface area contributed by atoms with Gasteiger partial charge < -0.3 is 10.6 Å². The van der Waals surface area contributed by atoms with Gasteiger partial charge >= 0.3 is 0 Å². The van der Waals surface area contributed by atoms with Gasteiger partial charge in [-0.1, -0.05) is 43.3 Å². The molecule has 0 aromatic heterocycles. The highest BCUT2D eigenvalue weighted by Crippen LogP contribution is 2.26. The second kappa shape index (κ2) is 7.51. The number of amides is 2. The van der Waals surface area contributed by atoms with Crippen LogP contribution in [0.1, 0.15) is 37.5 Å². The molecule has 132 valence electrons. The normalized spacial score (nSPS) is 11.1. The molecule has 4 nitrogen and oxygen atoms in total. The minimum Gasteiger partial charge on any atom is -0.325 e. The lowest BCUT2D eigenvalue weighted by Crippen LogP contribution is -2.42. The third-order valence-corrected chi connectivity index (χ3v) is 4.51. The van der Waals surface area contributed by atoms with E-state index in [4.69, 9.17) is 0 Å². The summed E-state index contributed by atoms with van der Waals surface area (Å²) in [5, 5.41) is 5.81. The van der Waals surface area contributed by atoms with E-state index in [1.54, 1.807) is 13.8 Å². The van der Waals surface area contributed by atoms with Crippen molar-refractivity contribution in [2.75, 3.05) is 10.6 Å². The molecule has 25 heavy (non-hydrogen) atoms. The van der Waals surface area contributed by atoms with E-state index in [-0.39, 0.29) is 11.8 Å². The number of nitrogens with one attached hydrogen (secondary N) is 2. The van der Waals surface area contributed by atoms with Crippen molar-refractivity contribution in [2.45, 2.75) is 41.0 Å². The molecule has 0 spiro atoms. The molecule has 4 heteroatoms. The average molecular weight is 338 g/mol. The van der Waals surface area contributed by atoms with E-state index in [9.17, 15) is 9.59 Å². The van der Waals surface area contributed by atoms with Crippen LogP contribution in [0.2, 0.25) is 0 Å². The Balaban J connectivity index is 2.20. The molecule has 0 aliphatic carbocycles. The van der Waals surface area contributed by atoms with Gasteiger partial charge in [-0.2, -0.15) is 0 Å². The number of aryl methyl sites for hydroxylation is 3. The van der Waals surface area contributed by atoms with Crippen molar-refractivity contribution >= 4 is 23.2 Å². The second-order valence-corrected chi connectivity index (χ2v) is 6.81. The summed E-state index contributed by atoms with van der Waals surface area (Å²) in [7, 11) is 0. The van der Waals surface area contributed by atoms with E-state index in [2.05, 4.69) is 10.6 Å². The molecule has 0 saturated carbocycles. The summed E-state index contributed by atoms with van der Waals surface area (Å²) in [6.45, 7) is 9.19. The first kappa shape index (κ1) is 18.7. The van der Waals surface area contributed by atoms with E-state index in [0.29, 0.717) is 0 Å². The number of rotatable bonds is 5. The molecule has 0 heterocycles. The summed E-state index contributed by atoms with van der Waals surface area (Å²) in [6.07, 6.45) is 0.813. The molecule has 2 amide bonds. The summed E-state index contributed by atoms with van der Waals surface area (Å²) in [5.41, 5.74) is 3.33. The summed E-state index contributed by atoms with van der Waals surface area (Å²) in [6, 6.07) is 13.4. The molecule has 0 radical (unpaired) electrons. The smallest absolute Gasteiger partial charge is 0.239 e. The Hall–Kier alpha value is -2.62. The molecule has 0 aliphatic heterocycles. The van der Waals surface area contributed by atoms with Crippen LogP contribution in [-0.4, -0.2) is 11.8 Å². The number of hydrogen-bond donors (Lipinski definition) is 2. The van der Waals surface area contributed by atoms with E-state index >= 15 is 0 Å². The van der Waals surface area contributed by atoms with Crippen LogP contribution >= 0.6 is 0 Å². The standard InChI is InChI=1S/C21H26N2O2/c1-6-16-12-9-11-15(3)18(16)23-20(25)21(4,5)19(24)22-17-13-8-7-10-14(17)2/h7-13H,6H2,1-5H3,(H,22,24)(H,23,25). The Morgan fingerprint density at radius 1 is 0.880 bits per heavy atom. The Morgan fingerprint density at radius 2 is 1.48 bits per heavy atom. The molecule has 2 aromatic rings. The maximum absolute atomic E-state index is 12.8. The monoisotopic (exact) mass is 338 g/mol. The first-order valence-electron chi connectivity index (χ1n) is 8.54. The fourth-order valence-electron chi connectivity index (χ4n) is 2.57. The van der Waals surface area contributed by atoms with Crippen molar-refractivity contribution in [1.82, 2.24) is 0 Å². The summed E-state index contributed by atoms with van der Waals surface area (Å²) in [5.74, 6) is -0.645. The zero-order valence-electron chi connectivity index (χ0n) is 15.6. The first-order valence-corrected chi connectivity index (χ1v) is 8.54. The zero-order valence-corrected chi connectivity index (χ0v) is 15.6. The van der Waals surface area contributed by atoms with Crippen LogP contribution in [0.25, 0.3) is 0 Å². The van der Waals surface area contributed by atoms with Crippen LogP contribution < -0.4 is 10.6 Å². The fraction of sp³-hybridized carbons (Fsp3) is 0.333. The van der Waals surface area contributed by atoms with Gasteiger partial charge in [0.05, 0.1) is 0 Å². The number of para-hydroxylation sites is 2. The molecule has 2 aromatic carbocycles. The van der Waals surface area contributed by atoms with Crippen molar-refractivity contribution in [3.05, 3.63) is 59.2 Å². The minimum atomic E-state index is -1.20. The van der Waals surface area contributed by atoms with Gasteiger partial charge in [-0.15, -0.1) is 0 Å². The lowest BCUT2D eigenvalue weighted by Gasteiger charge is -2.24. The number of carbonyl (C=O) groups is 2. The molecule has 0 saturated heterocycles. The quantitative estimate of drug-likeness (QED) is 0.790. The van der Waals surface area contributed by atoms with E-state index in [1.807, 2.05) is 63.2 Å². The first-order chi connectivity index (χ1) is 11.8. The minimum absolute atomic E-state index is 0.317. The fourth-order valence-corrected chi connectivity index (χ4v) is 2.57. The lowest BCUT2D eigenvalue weighted by molar-refractivity contribution is -0.135. The topological polar surface area (TPSA) is 58.2 Å². The maximum Gasteiger partial charge on any atom is 0.239 e. The maximum atomic E-state index is 12.8. The van der Waals surface area contributed by atoms with Crippen molar-refractivity contribution < 1.29 is 9.59 Å². The van der Waals surface area contributed by atoms with Crippen LogP contribution in [0.15, 0.2) is 42.5 Å². The third-order valence-electron chi connectivity index (χ3n) is 4.51. The molecule has 0 unspecified atom stereocenters. The van der Waals surface area contributed by atoms with Crippen LogP contribution in [0, 0.1) is 19.3 Å². The predicted molar refractivity (Wildman–Crippen MR) is 103 cm³/mol. The van der Waals surface area contributed by atoms with Gasteiger partial charge in [0.15, 0.2) is 0 Å². The lowest BCUT2D eigenvalue weighted by atomic mass is 9.90. The Labute approximate surface area is 149 Å². The third kappa shape index (κ3) is 4.08. The van der Waals surface area contributed by atoms with Crippen LogP contribution in [0.5, 0.6) is 0 Å². The number of hydrogen-bond acceptors (Lipinski definition) is 2. The van der Waals surface area contributed by atoms with E-state index < -0.39 is 5.41 Å². The number of anilines is 2. The summed E-state index contributed by atoms with van der Waals surface area (Å²) >= 11 is 0. The molecule has 2 rings (SSSR count). The van der Waals surface area contributed by atoms with Gasteiger partial charge in [0, 0.05) is 11.4 Å². The van der Waals surface area contributed by atoms with E-state index in [1.165, 1.54) is 0 Å². The van der Waals surface area contributed by atoms with Crippen molar-refractivity contribution in [3.63, 3.8) is 0 Å². The van der Waals surface area contributed by atoms with Gasteiger partial charge in [0.2, 0.25) is 11.8 Å². The Bertz CT molecular complexity index is 794. The largest absolute Gasteiger partial charge is 0.325 e. The molecular formula is C21H26N2O2. The molecular weight excluding hydrogens is 312 g/mol. The average Bonchev–Trinajstić information content (AvgIpc) is 2.58. The van der Waals surface area contributed by atoms with Crippen LogP contribution in [0.4, 0.5) is 11.4 Å². The highest BCUT2D eigenvalue weighted by atomic mass is 16.2. The zero-order chi connectivity index (χ0) is 18.6. The van der Waals surface area contributed by atoms with Gasteiger partial charge in [0.25, 0.3) is 0 Å². The Morgan fingerprint density at radius 3 is 2.12 bits per heavy atom. The van der Waals surface area contributed by atoms with Gasteiger partial charge in [0.1, 0.15) is 5.41 Å². The summed E-state index contributed by atoms with van der Waals surface area (Å²) in [4.78, 5) is 25.5. The Kier molecular flexibility index (Phi) is 5.62. The van der Waals surface area contributed by atoms with Crippen molar-refractivity contribution in [3.8, 4) is 0 Å². The van der Waals surface area contributed by atoms with Crippen molar-refractivity contribution in [2.24, 2.45) is 5.41 Å².